The van der Waals surface area contributed by atoms with Gasteiger partial charge in [-0.2, -0.15) is 0 Å². The fourth-order valence-electron chi connectivity index (χ4n) is 7.68. The van der Waals surface area contributed by atoms with Crippen LogP contribution in [-0.2, 0) is 11.8 Å². The van der Waals surface area contributed by atoms with Crippen LogP contribution in [0.4, 0.5) is 0 Å². The highest BCUT2D eigenvalue weighted by molar-refractivity contribution is 6.09. The lowest BCUT2D eigenvalue weighted by Gasteiger charge is -2.38. The van der Waals surface area contributed by atoms with Crippen molar-refractivity contribution in [3.8, 4) is 11.1 Å². The maximum absolute atomic E-state index is 5.88. The first-order chi connectivity index (χ1) is 20.5. The van der Waals surface area contributed by atoms with Gasteiger partial charge in [-0.3, -0.25) is 0 Å². The summed E-state index contributed by atoms with van der Waals surface area (Å²) in [6.45, 7) is 14.6. The molecule has 0 spiro atoms. The molecule has 2 heteroatoms. The fraction of sp³-hybridized carbons (Fsp3) is 0.415. The molecule has 0 saturated carbocycles. The zero-order valence-electron chi connectivity index (χ0n) is 27.3. The lowest BCUT2D eigenvalue weighted by molar-refractivity contribution is -0.00473. The average Bonchev–Trinajstić information content (AvgIpc) is 3.66. The van der Waals surface area contributed by atoms with Crippen molar-refractivity contribution in [2.24, 2.45) is 18.4 Å². The van der Waals surface area contributed by atoms with Gasteiger partial charge in [0, 0.05) is 47.3 Å². The van der Waals surface area contributed by atoms with Crippen LogP contribution in [0, 0.1) is 11.3 Å². The molecule has 1 aromatic heterocycles. The summed E-state index contributed by atoms with van der Waals surface area (Å²) >= 11 is 0. The predicted molar refractivity (Wildman–Crippen MR) is 186 cm³/mol. The normalized spacial score (nSPS) is 18.5. The Balaban J connectivity index is 1.19. The monoisotopic (exact) mass is 571 g/mol. The van der Waals surface area contributed by atoms with E-state index in [0.29, 0.717) is 11.8 Å². The van der Waals surface area contributed by atoms with Gasteiger partial charge in [-0.15, -0.1) is 0 Å². The molecule has 2 nitrogen and oxygen atoms in total. The second-order valence-electron chi connectivity index (χ2n) is 14.5. The summed E-state index contributed by atoms with van der Waals surface area (Å²) in [6.07, 6.45) is 16.0. The molecule has 0 fully saturated rings. The van der Waals surface area contributed by atoms with Gasteiger partial charge in [-0.1, -0.05) is 105 Å². The third kappa shape index (κ3) is 5.79. The Morgan fingerprint density at radius 3 is 2.40 bits per heavy atom. The molecular formula is C41H49NO. The largest absolute Gasteiger partial charge is 0.376 e. The zero-order chi connectivity index (χ0) is 30.4. The van der Waals surface area contributed by atoms with Crippen LogP contribution in [0.3, 0.4) is 0 Å². The van der Waals surface area contributed by atoms with Crippen molar-refractivity contribution in [1.29, 1.82) is 0 Å². The van der Waals surface area contributed by atoms with Gasteiger partial charge >= 0.3 is 0 Å². The molecule has 4 aromatic rings. The molecular weight excluding hydrogens is 522 g/mol. The van der Waals surface area contributed by atoms with Gasteiger partial charge in [0.15, 0.2) is 0 Å². The van der Waals surface area contributed by atoms with Gasteiger partial charge in [0.05, 0.1) is 5.60 Å². The molecule has 2 aliphatic carbocycles. The number of rotatable bonds is 10. The van der Waals surface area contributed by atoms with Crippen LogP contribution in [0.5, 0.6) is 0 Å². The van der Waals surface area contributed by atoms with Gasteiger partial charge < -0.3 is 9.30 Å². The lowest BCUT2D eigenvalue weighted by Crippen LogP contribution is -2.28. The Morgan fingerprint density at radius 1 is 0.814 bits per heavy atom. The fourth-order valence-corrected chi connectivity index (χ4v) is 7.68. The molecule has 0 bridgehead atoms. The Morgan fingerprint density at radius 2 is 1.58 bits per heavy atom. The summed E-state index contributed by atoms with van der Waals surface area (Å²) in [5.41, 5.74) is 11.2. The van der Waals surface area contributed by atoms with Crippen LogP contribution in [0.15, 0.2) is 90.0 Å². The predicted octanol–water partition coefficient (Wildman–Crippen LogP) is 11.4. The highest BCUT2D eigenvalue weighted by Gasteiger charge is 2.41. The van der Waals surface area contributed by atoms with Gasteiger partial charge in [0.25, 0.3) is 0 Å². The van der Waals surface area contributed by atoms with Crippen molar-refractivity contribution in [3.63, 3.8) is 0 Å². The van der Waals surface area contributed by atoms with E-state index in [1.54, 1.807) is 0 Å². The minimum atomic E-state index is -0.0258. The summed E-state index contributed by atoms with van der Waals surface area (Å²) in [5, 5.41) is 2.65. The molecule has 3 aromatic carbocycles. The molecule has 0 amide bonds. The Bertz CT molecular complexity index is 1730. The first-order valence-electron chi connectivity index (χ1n) is 16.4. The van der Waals surface area contributed by atoms with E-state index in [1.807, 2.05) is 0 Å². The van der Waals surface area contributed by atoms with Crippen molar-refractivity contribution in [1.82, 2.24) is 4.57 Å². The van der Waals surface area contributed by atoms with Gasteiger partial charge in [0.2, 0.25) is 0 Å². The number of allylic oxidation sites excluding steroid dienone is 5. The number of hydrogen-bond donors (Lipinski definition) is 0. The highest BCUT2D eigenvalue weighted by Crippen LogP contribution is 2.54. The molecule has 0 saturated heterocycles. The Hall–Kier alpha value is -3.36. The standard InChI is InChI=1S/C41H49NO/c1-28-25-35-32(30-21-23-38-36(27-30)33-16-11-12-19-37(33)42(38)7)17-14-18-34(35)39(28)41(5,6)31-22-20-29(26-31)15-10-8-9-13-24-43-40(2,3)4/h11-12,14,16-23,25-27,31,39H,8-10,13,15,24H2,1-7H3. The van der Waals surface area contributed by atoms with Crippen LogP contribution in [0.25, 0.3) is 39.0 Å². The van der Waals surface area contributed by atoms with Crippen molar-refractivity contribution in [2.45, 2.75) is 85.2 Å². The summed E-state index contributed by atoms with van der Waals surface area (Å²) < 4.78 is 8.19. The van der Waals surface area contributed by atoms with E-state index in [9.17, 15) is 0 Å². The molecule has 0 aliphatic heterocycles. The molecule has 2 aliphatic rings. The average molecular weight is 572 g/mol. The Kier molecular flexibility index (Phi) is 8.03. The maximum Gasteiger partial charge on any atom is 0.0598 e. The highest BCUT2D eigenvalue weighted by atomic mass is 16.5. The molecule has 0 N–H and O–H groups in total. The van der Waals surface area contributed by atoms with E-state index in [1.165, 1.54) is 80.9 Å². The summed E-state index contributed by atoms with van der Waals surface area (Å²) in [5.74, 6) is 0.842. The van der Waals surface area contributed by atoms with E-state index in [2.05, 4.69) is 138 Å². The van der Waals surface area contributed by atoms with Crippen LogP contribution < -0.4 is 0 Å². The summed E-state index contributed by atoms with van der Waals surface area (Å²) in [7, 11) is 2.17. The van der Waals surface area contributed by atoms with Gasteiger partial charge in [-0.25, -0.2) is 0 Å². The molecule has 0 radical (unpaired) electrons. The number of para-hydroxylation sites is 1. The number of nitrogens with zero attached hydrogens (tertiary/aromatic N) is 1. The van der Waals surface area contributed by atoms with E-state index < -0.39 is 0 Å². The SMILES string of the molecule is CC1=Cc2c(-c3ccc4c(c3)c3ccccc3n4C)cccc2C1C(C)(C)C1C=CC(CCCCCCOC(C)(C)C)=C1. The second kappa shape index (κ2) is 11.6. The third-order valence-electron chi connectivity index (χ3n) is 9.91. The van der Waals surface area contributed by atoms with Crippen LogP contribution in [0.1, 0.15) is 90.7 Å². The maximum atomic E-state index is 5.88. The number of unbranched alkanes of at least 4 members (excludes halogenated alkanes) is 3. The summed E-state index contributed by atoms with van der Waals surface area (Å²) in [4.78, 5) is 0. The number of hydrogen-bond acceptors (Lipinski definition) is 1. The van der Waals surface area contributed by atoms with Gasteiger partial charge in [-0.05, 0) is 92.8 Å². The van der Waals surface area contributed by atoms with E-state index in [-0.39, 0.29) is 11.0 Å². The summed E-state index contributed by atoms with van der Waals surface area (Å²) in [6, 6.07) is 22.7. The van der Waals surface area contributed by atoms with Crippen molar-refractivity contribution < 1.29 is 4.74 Å². The zero-order valence-corrected chi connectivity index (χ0v) is 27.3. The molecule has 43 heavy (non-hydrogen) atoms. The third-order valence-corrected chi connectivity index (χ3v) is 9.91. The lowest BCUT2D eigenvalue weighted by atomic mass is 9.66. The minimum absolute atomic E-state index is 0.0258. The van der Waals surface area contributed by atoms with Crippen molar-refractivity contribution >= 4 is 27.9 Å². The molecule has 6 rings (SSSR count). The number of fused-ring (bicyclic) bond motifs is 4. The molecule has 2 atom stereocenters. The minimum Gasteiger partial charge on any atom is -0.376 e. The quantitative estimate of drug-likeness (QED) is 0.173. The number of aryl methyl sites for hydroxylation is 1. The first kappa shape index (κ1) is 29.7. The topological polar surface area (TPSA) is 14.2 Å². The van der Waals surface area contributed by atoms with Crippen LogP contribution >= 0.6 is 0 Å². The molecule has 1 heterocycles. The smallest absolute Gasteiger partial charge is 0.0598 e. The number of benzene rings is 3. The van der Waals surface area contributed by atoms with Crippen molar-refractivity contribution in [2.75, 3.05) is 6.61 Å². The second-order valence-corrected chi connectivity index (χ2v) is 14.5. The van der Waals surface area contributed by atoms with Crippen LogP contribution in [-0.4, -0.2) is 16.8 Å². The van der Waals surface area contributed by atoms with Crippen molar-refractivity contribution in [3.05, 3.63) is 101 Å². The molecule has 224 valence electrons. The van der Waals surface area contributed by atoms with Gasteiger partial charge in [0.1, 0.15) is 0 Å². The number of aromatic nitrogens is 1. The first-order valence-corrected chi connectivity index (χ1v) is 16.4. The molecule has 2 unspecified atom stereocenters. The van der Waals surface area contributed by atoms with E-state index in [0.717, 1.165) is 13.0 Å². The van der Waals surface area contributed by atoms with E-state index >= 15 is 0 Å². The Labute approximate surface area is 259 Å². The number of ether oxygens (including phenoxy) is 1. The van der Waals surface area contributed by atoms with Crippen LogP contribution in [0.2, 0.25) is 0 Å². The van der Waals surface area contributed by atoms with E-state index in [4.69, 9.17) is 4.74 Å².